The van der Waals surface area contributed by atoms with E-state index < -0.39 is 0 Å². The molecule has 0 saturated carbocycles. The summed E-state index contributed by atoms with van der Waals surface area (Å²) in [5, 5.41) is 1.08. The van der Waals surface area contributed by atoms with Gasteiger partial charge in [-0.2, -0.15) is 0 Å². The monoisotopic (exact) mass is 439 g/mol. The average molecular weight is 442 g/mol. The molecule has 0 N–H and O–H groups in total. The Kier molecular flexibility index (Phi) is 3.74. The van der Waals surface area contributed by atoms with Gasteiger partial charge >= 0.3 is 0 Å². The lowest BCUT2D eigenvalue weighted by Gasteiger charge is -2.09. The fourth-order valence-electron chi connectivity index (χ4n) is 1.96. The molecule has 0 aliphatic rings. The van der Waals surface area contributed by atoms with Gasteiger partial charge in [0.1, 0.15) is 0 Å². The third-order valence-corrected chi connectivity index (χ3v) is 5.50. The lowest BCUT2D eigenvalue weighted by molar-refractivity contribution is 1.36. The number of benzene rings is 2. The molecule has 0 amide bonds. The highest BCUT2D eigenvalue weighted by Gasteiger charge is 2.12. The Balaban J connectivity index is 2.34. The van der Waals surface area contributed by atoms with Crippen molar-refractivity contribution < 1.29 is 0 Å². The van der Waals surface area contributed by atoms with Gasteiger partial charge in [-0.3, -0.25) is 0 Å². The first-order valence-corrected chi connectivity index (χ1v) is 8.04. The zero-order valence-electron chi connectivity index (χ0n) is 9.70. The quantitative estimate of drug-likeness (QED) is 0.438. The van der Waals surface area contributed by atoms with Gasteiger partial charge in [0.25, 0.3) is 0 Å². The highest BCUT2D eigenvalue weighted by Crippen LogP contribution is 2.38. The summed E-state index contributed by atoms with van der Waals surface area (Å²) in [6.07, 6.45) is 0. The molecule has 3 aromatic rings. The van der Waals surface area contributed by atoms with E-state index in [1.54, 1.807) is 0 Å². The van der Waals surface area contributed by atoms with E-state index in [1.165, 1.54) is 0 Å². The van der Waals surface area contributed by atoms with E-state index in [-0.39, 0.29) is 0 Å². The van der Waals surface area contributed by atoms with Crippen molar-refractivity contribution in [1.29, 1.82) is 0 Å². The number of aromatic nitrogens is 1. The molecule has 0 bridgehead atoms. The Morgan fingerprint density at radius 1 is 0.789 bits per heavy atom. The summed E-state index contributed by atoms with van der Waals surface area (Å²) in [6.45, 7) is 0. The number of rotatable bonds is 1. The second-order valence-electron chi connectivity index (χ2n) is 4.12. The fourth-order valence-corrected chi connectivity index (χ4v) is 3.36. The van der Waals surface area contributed by atoms with Crippen molar-refractivity contribution in [3.8, 4) is 11.3 Å². The standard InChI is InChI=1S/C15H8Br3N/c16-10-6-7-12-11(8-10)13(17)14(18)15(19-12)9-4-2-1-3-5-9/h1-8H. The Labute approximate surface area is 136 Å². The minimum Gasteiger partial charge on any atom is -0.247 e. The molecule has 0 spiro atoms. The Bertz CT molecular complexity index is 754. The number of halogens is 3. The van der Waals surface area contributed by atoms with Crippen LogP contribution in [-0.2, 0) is 0 Å². The molecule has 94 valence electrons. The highest BCUT2D eigenvalue weighted by molar-refractivity contribution is 9.13. The average Bonchev–Trinajstić information content (AvgIpc) is 2.44. The normalized spacial score (nSPS) is 10.9. The largest absolute Gasteiger partial charge is 0.247 e. The van der Waals surface area contributed by atoms with Gasteiger partial charge in [-0.15, -0.1) is 0 Å². The SMILES string of the molecule is Brc1ccc2nc(-c3ccccc3)c(Br)c(Br)c2c1. The molecule has 0 unspecified atom stereocenters. The topological polar surface area (TPSA) is 12.9 Å². The first-order chi connectivity index (χ1) is 9.16. The third-order valence-electron chi connectivity index (χ3n) is 2.88. The molecule has 0 saturated heterocycles. The molecule has 19 heavy (non-hydrogen) atoms. The zero-order chi connectivity index (χ0) is 13.4. The van der Waals surface area contributed by atoms with Crippen LogP contribution in [0.2, 0.25) is 0 Å². The summed E-state index contributed by atoms with van der Waals surface area (Å²) in [7, 11) is 0. The number of hydrogen-bond donors (Lipinski definition) is 0. The molecule has 1 aromatic heterocycles. The van der Waals surface area contributed by atoms with Crippen molar-refractivity contribution in [1.82, 2.24) is 4.98 Å². The van der Waals surface area contributed by atoms with E-state index in [4.69, 9.17) is 4.98 Å². The second-order valence-corrected chi connectivity index (χ2v) is 6.62. The fraction of sp³-hybridized carbons (Fsp3) is 0. The van der Waals surface area contributed by atoms with Gasteiger partial charge in [0.15, 0.2) is 0 Å². The number of fused-ring (bicyclic) bond motifs is 1. The molecule has 0 aliphatic heterocycles. The maximum Gasteiger partial charge on any atom is 0.0863 e. The van der Waals surface area contributed by atoms with Crippen LogP contribution in [0.3, 0.4) is 0 Å². The maximum absolute atomic E-state index is 4.75. The molecule has 0 atom stereocenters. The zero-order valence-corrected chi connectivity index (χ0v) is 14.5. The van der Waals surface area contributed by atoms with Gasteiger partial charge in [-0.05, 0) is 50.1 Å². The van der Waals surface area contributed by atoms with Crippen LogP contribution < -0.4 is 0 Å². The summed E-state index contributed by atoms with van der Waals surface area (Å²) in [4.78, 5) is 4.75. The molecule has 1 heterocycles. The molecule has 1 nitrogen and oxygen atoms in total. The first kappa shape index (κ1) is 13.3. The second kappa shape index (κ2) is 5.35. The highest BCUT2D eigenvalue weighted by atomic mass is 79.9. The molecule has 0 fully saturated rings. The van der Waals surface area contributed by atoms with Crippen LogP contribution in [0.25, 0.3) is 22.2 Å². The van der Waals surface area contributed by atoms with Crippen LogP contribution in [-0.4, -0.2) is 4.98 Å². The van der Waals surface area contributed by atoms with Gasteiger partial charge < -0.3 is 0 Å². The molecule has 3 rings (SSSR count). The summed E-state index contributed by atoms with van der Waals surface area (Å²) < 4.78 is 3.05. The first-order valence-electron chi connectivity index (χ1n) is 5.66. The van der Waals surface area contributed by atoms with Crippen LogP contribution in [0.1, 0.15) is 0 Å². The van der Waals surface area contributed by atoms with Crippen molar-refractivity contribution in [2.24, 2.45) is 0 Å². The molecular weight excluding hydrogens is 434 g/mol. The lowest BCUT2D eigenvalue weighted by Crippen LogP contribution is -1.89. The van der Waals surface area contributed by atoms with Crippen LogP contribution in [0.4, 0.5) is 0 Å². The molecule has 0 radical (unpaired) electrons. The van der Waals surface area contributed by atoms with Crippen LogP contribution in [0.15, 0.2) is 61.9 Å². The summed E-state index contributed by atoms with van der Waals surface area (Å²) >= 11 is 10.8. The van der Waals surface area contributed by atoms with Gasteiger partial charge in [-0.25, -0.2) is 4.98 Å². The molecule has 2 aromatic carbocycles. The molecule has 0 aliphatic carbocycles. The van der Waals surface area contributed by atoms with Crippen molar-refractivity contribution >= 4 is 58.7 Å². The van der Waals surface area contributed by atoms with Crippen molar-refractivity contribution in [3.63, 3.8) is 0 Å². The van der Waals surface area contributed by atoms with Gasteiger partial charge in [0.05, 0.1) is 15.7 Å². The minimum atomic E-state index is 0.947. The summed E-state index contributed by atoms with van der Waals surface area (Å²) in [6, 6.07) is 16.2. The third kappa shape index (κ3) is 2.49. The van der Waals surface area contributed by atoms with E-state index in [2.05, 4.69) is 66.0 Å². The predicted octanol–water partition coefficient (Wildman–Crippen LogP) is 6.19. The van der Waals surface area contributed by atoms with E-state index in [9.17, 15) is 0 Å². The van der Waals surface area contributed by atoms with E-state index in [0.29, 0.717) is 0 Å². The van der Waals surface area contributed by atoms with Gasteiger partial charge in [0, 0.05) is 19.9 Å². The minimum absolute atomic E-state index is 0.947. The van der Waals surface area contributed by atoms with E-state index >= 15 is 0 Å². The number of nitrogens with zero attached hydrogens (tertiary/aromatic N) is 1. The van der Waals surface area contributed by atoms with Gasteiger partial charge in [0.2, 0.25) is 0 Å². The van der Waals surface area contributed by atoms with E-state index in [1.807, 2.05) is 30.3 Å². The molecule has 4 heteroatoms. The van der Waals surface area contributed by atoms with Crippen LogP contribution >= 0.6 is 47.8 Å². The van der Waals surface area contributed by atoms with Crippen molar-refractivity contribution in [3.05, 3.63) is 61.9 Å². The van der Waals surface area contributed by atoms with Crippen LogP contribution in [0.5, 0.6) is 0 Å². The number of hydrogen-bond acceptors (Lipinski definition) is 1. The Morgan fingerprint density at radius 2 is 1.53 bits per heavy atom. The van der Waals surface area contributed by atoms with E-state index in [0.717, 1.165) is 35.6 Å². The molecular formula is C15H8Br3N. The van der Waals surface area contributed by atoms with Crippen molar-refractivity contribution in [2.45, 2.75) is 0 Å². The summed E-state index contributed by atoms with van der Waals surface area (Å²) in [5.74, 6) is 0. The number of pyridine rings is 1. The lowest BCUT2D eigenvalue weighted by atomic mass is 10.1. The van der Waals surface area contributed by atoms with Gasteiger partial charge in [-0.1, -0.05) is 46.3 Å². The Hall–Kier alpha value is -0.710. The smallest absolute Gasteiger partial charge is 0.0863 e. The Morgan fingerprint density at radius 3 is 2.26 bits per heavy atom. The van der Waals surface area contributed by atoms with Crippen molar-refractivity contribution in [2.75, 3.05) is 0 Å². The van der Waals surface area contributed by atoms with Crippen LogP contribution in [0, 0.1) is 0 Å². The predicted molar refractivity (Wildman–Crippen MR) is 90.3 cm³/mol. The maximum atomic E-state index is 4.75. The summed E-state index contributed by atoms with van der Waals surface area (Å²) in [5.41, 5.74) is 3.01.